The van der Waals surface area contributed by atoms with Crippen LogP contribution < -0.4 is 11.3 Å². The standard InChI is InChI=1S/C8H14N4.ClH/c1-5-6(2)12-8(4-10-9)7(3)11-5;/h10H,4,9H2,1-3H3;1H. The van der Waals surface area contributed by atoms with Gasteiger partial charge in [0.1, 0.15) is 0 Å². The summed E-state index contributed by atoms with van der Waals surface area (Å²) < 4.78 is 0. The Morgan fingerprint density at radius 1 is 1.08 bits per heavy atom. The zero-order chi connectivity index (χ0) is 9.14. The molecule has 13 heavy (non-hydrogen) atoms. The number of halogens is 1. The molecule has 0 unspecified atom stereocenters. The highest BCUT2D eigenvalue weighted by Gasteiger charge is 2.03. The molecule has 1 aromatic heterocycles. The average molecular weight is 203 g/mol. The summed E-state index contributed by atoms with van der Waals surface area (Å²) >= 11 is 0. The van der Waals surface area contributed by atoms with E-state index in [1.807, 2.05) is 20.8 Å². The molecule has 0 spiro atoms. The summed E-state index contributed by atoms with van der Waals surface area (Å²) in [6, 6.07) is 0. The molecule has 1 heterocycles. The van der Waals surface area contributed by atoms with Crippen LogP contribution in [0.5, 0.6) is 0 Å². The van der Waals surface area contributed by atoms with Crippen molar-refractivity contribution in [2.24, 2.45) is 5.84 Å². The van der Waals surface area contributed by atoms with Crippen LogP contribution in [-0.4, -0.2) is 9.97 Å². The maximum absolute atomic E-state index is 5.20. The average Bonchev–Trinajstić information content (AvgIpc) is 2.01. The summed E-state index contributed by atoms with van der Waals surface area (Å²) in [5.74, 6) is 5.20. The molecule has 0 aliphatic heterocycles. The zero-order valence-corrected chi connectivity index (χ0v) is 8.90. The van der Waals surface area contributed by atoms with Crippen molar-refractivity contribution < 1.29 is 0 Å². The lowest BCUT2D eigenvalue weighted by molar-refractivity contribution is 0.706. The Balaban J connectivity index is 0.00000144. The number of nitrogens with two attached hydrogens (primary N) is 1. The third kappa shape index (κ3) is 2.91. The van der Waals surface area contributed by atoms with E-state index in [0.717, 1.165) is 22.8 Å². The van der Waals surface area contributed by atoms with Crippen LogP contribution in [0.4, 0.5) is 0 Å². The van der Waals surface area contributed by atoms with Crippen LogP contribution >= 0.6 is 12.4 Å². The molecule has 5 heteroatoms. The number of rotatable bonds is 2. The van der Waals surface area contributed by atoms with Crippen LogP contribution in [0.25, 0.3) is 0 Å². The molecule has 0 fully saturated rings. The maximum atomic E-state index is 5.20. The van der Waals surface area contributed by atoms with E-state index >= 15 is 0 Å². The van der Waals surface area contributed by atoms with Gasteiger partial charge in [-0.3, -0.25) is 21.2 Å². The molecule has 0 aromatic carbocycles. The number of aromatic nitrogens is 2. The normalized spacial score (nSPS) is 9.54. The number of aryl methyl sites for hydroxylation is 3. The zero-order valence-electron chi connectivity index (χ0n) is 8.09. The highest BCUT2D eigenvalue weighted by atomic mass is 35.5. The summed E-state index contributed by atoms with van der Waals surface area (Å²) in [5.41, 5.74) is 6.37. The smallest absolute Gasteiger partial charge is 0.0771 e. The molecule has 4 nitrogen and oxygen atoms in total. The van der Waals surface area contributed by atoms with E-state index in [0.29, 0.717) is 6.54 Å². The molecule has 0 radical (unpaired) electrons. The van der Waals surface area contributed by atoms with Crippen molar-refractivity contribution in [2.75, 3.05) is 0 Å². The van der Waals surface area contributed by atoms with Gasteiger partial charge in [-0.05, 0) is 20.8 Å². The van der Waals surface area contributed by atoms with Crippen LogP contribution in [0.2, 0.25) is 0 Å². The fraction of sp³-hybridized carbons (Fsp3) is 0.500. The van der Waals surface area contributed by atoms with Crippen molar-refractivity contribution in [1.29, 1.82) is 0 Å². The quantitative estimate of drug-likeness (QED) is 0.550. The molecule has 0 saturated heterocycles. The molecule has 0 aliphatic carbocycles. The Hall–Kier alpha value is -0.710. The van der Waals surface area contributed by atoms with Gasteiger partial charge < -0.3 is 0 Å². The van der Waals surface area contributed by atoms with Crippen LogP contribution in [0.1, 0.15) is 22.8 Å². The van der Waals surface area contributed by atoms with E-state index in [-0.39, 0.29) is 12.4 Å². The monoisotopic (exact) mass is 202 g/mol. The second kappa shape index (κ2) is 5.11. The molecule has 1 aromatic rings. The Morgan fingerprint density at radius 3 is 2.15 bits per heavy atom. The summed E-state index contributed by atoms with van der Waals surface area (Å²) in [5, 5.41) is 0. The first kappa shape index (κ1) is 12.3. The van der Waals surface area contributed by atoms with E-state index in [1.165, 1.54) is 0 Å². The van der Waals surface area contributed by atoms with Gasteiger partial charge in [0.15, 0.2) is 0 Å². The Labute approximate surface area is 84.3 Å². The van der Waals surface area contributed by atoms with E-state index in [4.69, 9.17) is 5.84 Å². The van der Waals surface area contributed by atoms with E-state index in [2.05, 4.69) is 15.4 Å². The minimum Gasteiger partial charge on any atom is -0.271 e. The van der Waals surface area contributed by atoms with Crippen LogP contribution in [0.15, 0.2) is 0 Å². The van der Waals surface area contributed by atoms with Gasteiger partial charge in [-0.25, -0.2) is 0 Å². The number of nitrogens with one attached hydrogen (secondary N) is 1. The van der Waals surface area contributed by atoms with Gasteiger partial charge in [0.25, 0.3) is 0 Å². The minimum absolute atomic E-state index is 0. The van der Waals surface area contributed by atoms with Gasteiger partial charge in [0, 0.05) is 0 Å². The fourth-order valence-corrected chi connectivity index (χ4v) is 1.03. The first-order chi connectivity index (χ1) is 5.65. The molecule has 0 aliphatic rings. The number of hydrogen-bond acceptors (Lipinski definition) is 4. The third-order valence-electron chi connectivity index (χ3n) is 1.85. The maximum Gasteiger partial charge on any atom is 0.0771 e. The van der Waals surface area contributed by atoms with Gasteiger partial charge >= 0.3 is 0 Å². The minimum atomic E-state index is 0. The van der Waals surface area contributed by atoms with Crippen molar-refractivity contribution in [2.45, 2.75) is 27.3 Å². The van der Waals surface area contributed by atoms with Crippen molar-refractivity contribution in [3.63, 3.8) is 0 Å². The third-order valence-corrected chi connectivity index (χ3v) is 1.85. The van der Waals surface area contributed by atoms with E-state index in [1.54, 1.807) is 0 Å². The van der Waals surface area contributed by atoms with Crippen molar-refractivity contribution in [1.82, 2.24) is 15.4 Å². The second-order valence-electron chi connectivity index (χ2n) is 2.81. The Morgan fingerprint density at radius 2 is 1.62 bits per heavy atom. The van der Waals surface area contributed by atoms with Crippen molar-refractivity contribution >= 4 is 12.4 Å². The lowest BCUT2D eigenvalue weighted by Gasteiger charge is -2.06. The summed E-state index contributed by atoms with van der Waals surface area (Å²) in [7, 11) is 0. The van der Waals surface area contributed by atoms with E-state index < -0.39 is 0 Å². The highest BCUT2D eigenvalue weighted by Crippen LogP contribution is 2.05. The van der Waals surface area contributed by atoms with Gasteiger partial charge in [0.2, 0.25) is 0 Å². The van der Waals surface area contributed by atoms with Crippen molar-refractivity contribution in [3.8, 4) is 0 Å². The SMILES string of the molecule is Cc1nc(C)c(CNN)nc1C.Cl. The molecular formula is C8H15ClN4. The number of hydrogen-bond donors (Lipinski definition) is 2. The highest BCUT2D eigenvalue weighted by molar-refractivity contribution is 5.85. The topological polar surface area (TPSA) is 63.8 Å². The predicted octanol–water partition coefficient (Wildman–Crippen LogP) is 0.787. The summed E-state index contributed by atoms with van der Waals surface area (Å²) in [6.07, 6.45) is 0. The van der Waals surface area contributed by atoms with Gasteiger partial charge in [-0.1, -0.05) is 0 Å². The van der Waals surface area contributed by atoms with Gasteiger partial charge in [-0.15, -0.1) is 12.4 Å². The molecule has 0 saturated carbocycles. The van der Waals surface area contributed by atoms with Crippen LogP contribution in [0.3, 0.4) is 0 Å². The molecule has 0 atom stereocenters. The molecule has 1 rings (SSSR count). The fourth-order valence-electron chi connectivity index (χ4n) is 1.03. The Kier molecular flexibility index (Phi) is 4.83. The molecule has 0 amide bonds. The number of hydrazine groups is 1. The first-order valence-electron chi connectivity index (χ1n) is 3.89. The summed E-state index contributed by atoms with van der Waals surface area (Å²) in [4.78, 5) is 8.69. The Bertz CT molecular complexity index is 288. The molecule has 3 N–H and O–H groups in total. The van der Waals surface area contributed by atoms with Gasteiger partial charge in [0.05, 0.1) is 29.3 Å². The molecule has 0 bridgehead atoms. The van der Waals surface area contributed by atoms with Crippen LogP contribution in [0, 0.1) is 20.8 Å². The van der Waals surface area contributed by atoms with E-state index in [9.17, 15) is 0 Å². The van der Waals surface area contributed by atoms with Gasteiger partial charge in [-0.2, -0.15) is 0 Å². The largest absolute Gasteiger partial charge is 0.271 e. The lowest BCUT2D eigenvalue weighted by atomic mass is 10.2. The lowest BCUT2D eigenvalue weighted by Crippen LogP contribution is -2.23. The predicted molar refractivity (Wildman–Crippen MR) is 54.5 cm³/mol. The first-order valence-corrected chi connectivity index (χ1v) is 3.89. The second-order valence-corrected chi connectivity index (χ2v) is 2.81. The number of nitrogens with zero attached hydrogens (tertiary/aromatic N) is 2. The van der Waals surface area contributed by atoms with Crippen molar-refractivity contribution in [3.05, 3.63) is 22.8 Å². The van der Waals surface area contributed by atoms with Crippen LogP contribution in [-0.2, 0) is 6.54 Å². The molecular weight excluding hydrogens is 188 g/mol. The summed E-state index contributed by atoms with van der Waals surface area (Å²) in [6.45, 7) is 6.41. The molecule has 74 valence electrons.